The first-order valence-corrected chi connectivity index (χ1v) is 6.63. The van der Waals surface area contributed by atoms with Crippen molar-refractivity contribution in [1.82, 2.24) is 5.32 Å². The number of likely N-dealkylation sites (N-methyl/N-ethyl adjacent to an activating group) is 1. The summed E-state index contributed by atoms with van der Waals surface area (Å²) in [5, 5.41) is 3.38. The summed E-state index contributed by atoms with van der Waals surface area (Å²) in [6.07, 6.45) is 7.93. The Morgan fingerprint density at radius 2 is 2.25 bits per heavy atom. The summed E-state index contributed by atoms with van der Waals surface area (Å²) in [5.74, 6) is 0. The molecule has 0 spiro atoms. The van der Waals surface area contributed by atoms with E-state index in [0.29, 0.717) is 18.2 Å². The van der Waals surface area contributed by atoms with Gasteiger partial charge in [-0.05, 0) is 39.2 Å². The molecule has 1 heterocycles. The van der Waals surface area contributed by atoms with Crippen LogP contribution in [0.25, 0.3) is 0 Å². The highest BCUT2D eigenvalue weighted by atomic mass is 16.5. The van der Waals surface area contributed by atoms with E-state index in [1.807, 2.05) is 14.2 Å². The maximum Gasteiger partial charge on any atom is 0.0724 e. The zero-order chi connectivity index (χ0) is 11.8. The molecule has 16 heavy (non-hydrogen) atoms. The second-order valence-electron chi connectivity index (χ2n) is 4.67. The van der Waals surface area contributed by atoms with Crippen LogP contribution in [0.1, 0.15) is 45.4 Å². The molecule has 1 rings (SSSR count). The van der Waals surface area contributed by atoms with Gasteiger partial charge in [0.15, 0.2) is 0 Å². The molecule has 3 unspecified atom stereocenters. The highest BCUT2D eigenvalue weighted by Gasteiger charge is 2.22. The summed E-state index contributed by atoms with van der Waals surface area (Å²) in [4.78, 5) is 0. The van der Waals surface area contributed by atoms with Crippen molar-refractivity contribution in [3.8, 4) is 0 Å². The molecule has 1 saturated heterocycles. The fraction of sp³-hybridized carbons (Fsp3) is 1.00. The fourth-order valence-corrected chi connectivity index (χ4v) is 2.52. The number of nitrogens with one attached hydrogen (secondary N) is 1. The van der Waals surface area contributed by atoms with Gasteiger partial charge in [0.25, 0.3) is 0 Å². The zero-order valence-corrected chi connectivity index (χ0v) is 11.0. The maximum absolute atomic E-state index is 5.65. The van der Waals surface area contributed by atoms with Crippen molar-refractivity contribution in [2.24, 2.45) is 0 Å². The first kappa shape index (κ1) is 13.9. The second kappa shape index (κ2) is 8.04. The van der Waals surface area contributed by atoms with Crippen LogP contribution < -0.4 is 5.32 Å². The Morgan fingerprint density at radius 3 is 2.75 bits per heavy atom. The molecule has 3 heteroatoms. The van der Waals surface area contributed by atoms with Gasteiger partial charge < -0.3 is 14.8 Å². The Hall–Kier alpha value is -0.120. The van der Waals surface area contributed by atoms with Gasteiger partial charge >= 0.3 is 0 Å². The first-order valence-electron chi connectivity index (χ1n) is 6.63. The highest BCUT2D eigenvalue weighted by molar-refractivity contribution is 4.78. The van der Waals surface area contributed by atoms with Crippen LogP contribution in [-0.2, 0) is 9.47 Å². The van der Waals surface area contributed by atoms with Gasteiger partial charge in [0, 0.05) is 19.8 Å². The molecule has 0 amide bonds. The molecule has 3 nitrogen and oxygen atoms in total. The second-order valence-corrected chi connectivity index (χ2v) is 4.67. The molecular weight excluding hydrogens is 202 g/mol. The maximum atomic E-state index is 5.65. The minimum atomic E-state index is 0.344. The number of methoxy groups -OCH3 is 1. The predicted molar refractivity (Wildman–Crippen MR) is 66.8 cm³/mol. The van der Waals surface area contributed by atoms with E-state index in [1.165, 1.54) is 19.3 Å². The van der Waals surface area contributed by atoms with E-state index in [9.17, 15) is 0 Å². The summed E-state index contributed by atoms with van der Waals surface area (Å²) in [6.45, 7) is 3.16. The molecule has 96 valence electrons. The van der Waals surface area contributed by atoms with Gasteiger partial charge in [-0.3, -0.25) is 0 Å². The van der Waals surface area contributed by atoms with Crippen LogP contribution in [0.2, 0.25) is 0 Å². The van der Waals surface area contributed by atoms with Crippen LogP contribution in [0.5, 0.6) is 0 Å². The number of hydrogen-bond acceptors (Lipinski definition) is 3. The number of rotatable bonds is 8. The van der Waals surface area contributed by atoms with Crippen LogP contribution >= 0.6 is 0 Å². The van der Waals surface area contributed by atoms with E-state index in [-0.39, 0.29) is 0 Å². The lowest BCUT2D eigenvalue weighted by Gasteiger charge is -2.26. The topological polar surface area (TPSA) is 30.5 Å². The molecule has 1 aliphatic rings. The van der Waals surface area contributed by atoms with Gasteiger partial charge in [0.05, 0.1) is 12.2 Å². The Kier molecular flexibility index (Phi) is 7.01. The molecule has 0 radical (unpaired) electrons. The quantitative estimate of drug-likeness (QED) is 0.693. The van der Waals surface area contributed by atoms with Crippen LogP contribution in [-0.4, -0.2) is 39.0 Å². The van der Waals surface area contributed by atoms with E-state index >= 15 is 0 Å². The predicted octanol–water partition coefficient (Wildman–Crippen LogP) is 2.35. The SMILES string of the molecule is CCCC(OC)C(CCC1CCCO1)NC. The molecule has 0 saturated carbocycles. The molecule has 3 atom stereocenters. The number of hydrogen-bond donors (Lipinski definition) is 1. The van der Waals surface area contributed by atoms with Crippen LogP contribution in [0, 0.1) is 0 Å². The van der Waals surface area contributed by atoms with Crippen molar-refractivity contribution in [2.45, 2.75) is 63.7 Å². The minimum absolute atomic E-state index is 0.344. The average Bonchev–Trinajstić information content (AvgIpc) is 2.81. The molecule has 0 aromatic rings. The normalized spacial score (nSPS) is 24.6. The molecule has 1 N–H and O–H groups in total. The molecule has 0 aliphatic carbocycles. The molecule has 1 aliphatic heterocycles. The van der Waals surface area contributed by atoms with Gasteiger partial charge in [-0.2, -0.15) is 0 Å². The van der Waals surface area contributed by atoms with Gasteiger partial charge in [0.2, 0.25) is 0 Å². The summed E-state index contributed by atoms with van der Waals surface area (Å²) >= 11 is 0. The monoisotopic (exact) mass is 229 g/mol. The summed E-state index contributed by atoms with van der Waals surface area (Å²) in [5.41, 5.74) is 0. The Labute approximate surface area is 99.9 Å². The van der Waals surface area contributed by atoms with Crippen molar-refractivity contribution < 1.29 is 9.47 Å². The Bertz CT molecular complexity index is 169. The van der Waals surface area contributed by atoms with Crippen molar-refractivity contribution in [3.05, 3.63) is 0 Å². The molecular formula is C13H27NO2. The van der Waals surface area contributed by atoms with Crippen molar-refractivity contribution in [3.63, 3.8) is 0 Å². The minimum Gasteiger partial charge on any atom is -0.380 e. The molecule has 0 aromatic carbocycles. The fourth-order valence-electron chi connectivity index (χ4n) is 2.52. The summed E-state index contributed by atoms with van der Waals surface area (Å²) in [7, 11) is 3.85. The van der Waals surface area contributed by atoms with Gasteiger partial charge in [0.1, 0.15) is 0 Å². The molecule has 0 aromatic heterocycles. The number of ether oxygens (including phenoxy) is 2. The Balaban J connectivity index is 2.28. The highest BCUT2D eigenvalue weighted by Crippen LogP contribution is 2.20. The smallest absolute Gasteiger partial charge is 0.0724 e. The van der Waals surface area contributed by atoms with Crippen LogP contribution in [0.15, 0.2) is 0 Å². The van der Waals surface area contributed by atoms with E-state index in [1.54, 1.807) is 0 Å². The standard InChI is InChI=1S/C13H27NO2/c1-4-6-13(15-3)12(14-2)9-8-11-7-5-10-16-11/h11-14H,4-10H2,1-3H3. The van der Waals surface area contributed by atoms with E-state index in [0.717, 1.165) is 25.9 Å². The first-order chi connectivity index (χ1) is 7.81. The van der Waals surface area contributed by atoms with Gasteiger partial charge in [-0.25, -0.2) is 0 Å². The molecule has 0 bridgehead atoms. The molecule has 1 fully saturated rings. The summed E-state index contributed by atoms with van der Waals surface area (Å²) in [6, 6.07) is 0.467. The average molecular weight is 229 g/mol. The zero-order valence-electron chi connectivity index (χ0n) is 11.0. The third-order valence-corrected chi connectivity index (χ3v) is 3.52. The van der Waals surface area contributed by atoms with E-state index < -0.39 is 0 Å². The van der Waals surface area contributed by atoms with Gasteiger partial charge in [-0.15, -0.1) is 0 Å². The summed E-state index contributed by atoms with van der Waals surface area (Å²) < 4.78 is 11.2. The van der Waals surface area contributed by atoms with Crippen molar-refractivity contribution in [2.75, 3.05) is 20.8 Å². The lowest BCUT2D eigenvalue weighted by molar-refractivity contribution is 0.0491. The van der Waals surface area contributed by atoms with Crippen LogP contribution in [0.3, 0.4) is 0 Å². The van der Waals surface area contributed by atoms with Crippen molar-refractivity contribution >= 4 is 0 Å². The van der Waals surface area contributed by atoms with E-state index in [4.69, 9.17) is 9.47 Å². The van der Waals surface area contributed by atoms with Gasteiger partial charge in [-0.1, -0.05) is 13.3 Å². The van der Waals surface area contributed by atoms with E-state index in [2.05, 4.69) is 12.2 Å². The van der Waals surface area contributed by atoms with Crippen LogP contribution in [0.4, 0.5) is 0 Å². The lowest BCUT2D eigenvalue weighted by Crippen LogP contribution is -2.39. The third-order valence-electron chi connectivity index (χ3n) is 3.52. The third kappa shape index (κ3) is 4.40. The lowest BCUT2D eigenvalue weighted by atomic mass is 9.99. The largest absolute Gasteiger partial charge is 0.380 e. The Morgan fingerprint density at radius 1 is 1.44 bits per heavy atom. The van der Waals surface area contributed by atoms with Crippen molar-refractivity contribution in [1.29, 1.82) is 0 Å².